The van der Waals surface area contributed by atoms with Crippen molar-refractivity contribution in [2.24, 2.45) is 5.92 Å². The molecule has 1 aromatic heterocycles. The van der Waals surface area contributed by atoms with Crippen LogP contribution in [0.2, 0.25) is 0 Å². The van der Waals surface area contributed by atoms with Gasteiger partial charge < -0.3 is 5.32 Å². The number of nitrogens with one attached hydrogen (secondary N) is 1. The third kappa shape index (κ3) is 3.80. The van der Waals surface area contributed by atoms with E-state index in [1.807, 2.05) is 6.20 Å². The van der Waals surface area contributed by atoms with Gasteiger partial charge >= 0.3 is 0 Å². The molecule has 1 saturated carbocycles. The minimum Gasteiger partial charge on any atom is -0.302 e. The van der Waals surface area contributed by atoms with Gasteiger partial charge in [0.15, 0.2) is 5.13 Å². The Bertz CT molecular complexity index is 394. The Morgan fingerprint density at radius 2 is 2.22 bits per heavy atom. The number of hydrogen-bond donors (Lipinski definition) is 1. The van der Waals surface area contributed by atoms with Crippen molar-refractivity contribution in [3.63, 3.8) is 0 Å². The second-order valence-corrected chi connectivity index (χ2v) is 6.52. The zero-order valence-electron chi connectivity index (χ0n) is 11.2. The van der Waals surface area contributed by atoms with Crippen LogP contribution in [0.3, 0.4) is 0 Å². The first kappa shape index (κ1) is 13.5. The van der Waals surface area contributed by atoms with Crippen molar-refractivity contribution in [3.8, 4) is 0 Å². The number of anilines is 1. The largest absolute Gasteiger partial charge is 0.302 e. The maximum Gasteiger partial charge on any atom is 0.226 e. The van der Waals surface area contributed by atoms with Gasteiger partial charge in [-0.05, 0) is 18.3 Å². The highest BCUT2D eigenvalue weighted by Crippen LogP contribution is 2.29. The van der Waals surface area contributed by atoms with Gasteiger partial charge in [0, 0.05) is 17.5 Å². The van der Waals surface area contributed by atoms with Crippen LogP contribution in [0.15, 0.2) is 6.20 Å². The third-order valence-electron chi connectivity index (χ3n) is 3.59. The predicted octanol–water partition coefficient (Wildman–Crippen LogP) is 4.18. The Morgan fingerprint density at radius 3 is 2.83 bits per heavy atom. The van der Waals surface area contributed by atoms with E-state index >= 15 is 0 Å². The van der Waals surface area contributed by atoms with Crippen LogP contribution >= 0.6 is 11.3 Å². The molecule has 18 heavy (non-hydrogen) atoms. The number of carbonyl (C=O) groups is 1. The van der Waals surface area contributed by atoms with Crippen molar-refractivity contribution in [3.05, 3.63) is 11.1 Å². The maximum atomic E-state index is 11.8. The molecule has 4 heteroatoms. The fraction of sp³-hybridized carbons (Fsp3) is 0.714. The zero-order valence-corrected chi connectivity index (χ0v) is 12.1. The van der Waals surface area contributed by atoms with Gasteiger partial charge in [0.2, 0.25) is 5.91 Å². The summed E-state index contributed by atoms with van der Waals surface area (Å²) in [7, 11) is 0. The topological polar surface area (TPSA) is 42.0 Å². The van der Waals surface area contributed by atoms with Gasteiger partial charge in [0.1, 0.15) is 0 Å². The molecule has 0 bridgehead atoms. The van der Waals surface area contributed by atoms with E-state index in [0.717, 1.165) is 17.5 Å². The van der Waals surface area contributed by atoms with Crippen LogP contribution in [0.5, 0.6) is 0 Å². The lowest BCUT2D eigenvalue weighted by molar-refractivity contribution is -0.116. The van der Waals surface area contributed by atoms with Gasteiger partial charge in [-0.2, -0.15) is 0 Å². The first-order chi connectivity index (χ1) is 8.65. The molecule has 0 aromatic carbocycles. The first-order valence-electron chi connectivity index (χ1n) is 6.90. The number of rotatable bonds is 5. The zero-order chi connectivity index (χ0) is 13.0. The monoisotopic (exact) mass is 266 g/mol. The number of thiazole rings is 1. The van der Waals surface area contributed by atoms with Gasteiger partial charge in [-0.1, -0.05) is 39.5 Å². The molecule has 1 aliphatic carbocycles. The van der Waals surface area contributed by atoms with Crippen LogP contribution in [-0.2, 0) is 4.79 Å². The molecule has 0 aliphatic heterocycles. The van der Waals surface area contributed by atoms with Gasteiger partial charge in [-0.3, -0.25) is 4.79 Å². The molecule has 1 fully saturated rings. The Labute approximate surface area is 113 Å². The van der Waals surface area contributed by atoms with Crippen molar-refractivity contribution in [1.82, 2.24) is 4.98 Å². The molecule has 1 amide bonds. The Hall–Kier alpha value is -0.900. The van der Waals surface area contributed by atoms with E-state index in [1.165, 1.54) is 30.6 Å². The standard InChI is InChI=1S/C14H22N2OS/c1-10(2)12-9-15-14(18-12)16-13(17)8-7-11-5-3-4-6-11/h9-11H,3-8H2,1-2H3,(H,15,16,17). The normalized spacial score (nSPS) is 16.4. The van der Waals surface area contributed by atoms with E-state index in [4.69, 9.17) is 0 Å². The molecule has 3 nitrogen and oxygen atoms in total. The van der Waals surface area contributed by atoms with Crippen LogP contribution in [0.4, 0.5) is 5.13 Å². The highest BCUT2D eigenvalue weighted by molar-refractivity contribution is 7.15. The number of amides is 1. The van der Waals surface area contributed by atoms with Gasteiger partial charge in [-0.15, -0.1) is 11.3 Å². The van der Waals surface area contributed by atoms with E-state index in [2.05, 4.69) is 24.1 Å². The van der Waals surface area contributed by atoms with Crippen LogP contribution in [-0.4, -0.2) is 10.9 Å². The molecule has 1 N–H and O–H groups in total. The predicted molar refractivity (Wildman–Crippen MR) is 76.0 cm³/mol. The second kappa shape index (κ2) is 6.32. The summed E-state index contributed by atoms with van der Waals surface area (Å²) in [6.07, 6.45) is 8.84. The summed E-state index contributed by atoms with van der Waals surface area (Å²) in [5.74, 6) is 1.37. The SMILES string of the molecule is CC(C)c1cnc(NC(=O)CCC2CCCC2)s1. The fourth-order valence-electron chi connectivity index (χ4n) is 2.43. The molecule has 2 rings (SSSR count). The van der Waals surface area contributed by atoms with Crippen molar-refractivity contribution < 1.29 is 4.79 Å². The minimum absolute atomic E-state index is 0.117. The number of nitrogens with zero attached hydrogens (tertiary/aromatic N) is 1. The summed E-state index contributed by atoms with van der Waals surface area (Å²) >= 11 is 1.58. The van der Waals surface area contributed by atoms with E-state index in [9.17, 15) is 4.79 Å². The summed E-state index contributed by atoms with van der Waals surface area (Å²) in [6, 6.07) is 0. The summed E-state index contributed by atoms with van der Waals surface area (Å²) in [6.45, 7) is 4.28. The van der Waals surface area contributed by atoms with Crippen LogP contribution in [0.25, 0.3) is 0 Å². The van der Waals surface area contributed by atoms with Crippen molar-refractivity contribution in [2.75, 3.05) is 5.32 Å². The lowest BCUT2D eigenvalue weighted by atomic mass is 10.0. The summed E-state index contributed by atoms with van der Waals surface area (Å²) in [5, 5.41) is 3.66. The van der Waals surface area contributed by atoms with Gasteiger partial charge in [0.05, 0.1) is 0 Å². The smallest absolute Gasteiger partial charge is 0.226 e. The highest BCUT2D eigenvalue weighted by Gasteiger charge is 2.16. The van der Waals surface area contributed by atoms with Crippen LogP contribution in [0.1, 0.15) is 63.2 Å². The van der Waals surface area contributed by atoms with Gasteiger partial charge in [0.25, 0.3) is 0 Å². The molecule has 0 atom stereocenters. The summed E-state index contributed by atoms with van der Waals surface area (Å²) in [5.41, 5.74) is 0. The average molecular weight is 266 g/mol. The Kier molecular flexibility index (Phi) is 4.75. The summed E-state index contributed by atoms with van der Waals surface area (Å²) in [4.78, 5) is 17.3. The Balaban J connectivity index is 1.75. The fourth-order valence-corrected chi connectivity index (χ4v) is 3.26. The Morgan fingerprint density at radius 1 is 1.50 bits per heavy atom. The summed E-state index contributed by atoms with van der Waals surface area (Å²) < 4.78 is 0. The molecule has 1 aliphatic rings. The first-order valence-corrected chi connectivity index (χ1v) is 7.72. The van der Waals surface area contributed by atoms with Crippen LogP contribution < -0.4 is 5.32 Å². The van der Waals surface area contributed by atoms with E-state index in [1.54, 1.807) is 11.3 Å². The third-order valence-corrected chi connectivity index (χ3v) is 4.81. The number of carbonyl (C=O) groups excluding carboxylic acids is 1. The van der Waals surface area contributed by atoms with E-state index in [0.29, 0.717) is 12.3 Å². The molecule has 1 heterocycles. The van der Waals surface area contributed by atoms with Crippen molar-refractivity contribution in [1.29, 1.82) is 0 Å². The second-order valence-electron chi connectivity index (χ2n) is 5.46. The number of hydrogen-bond acceptors (Lipinski definition) is 3. The minimum atomic E-state index is 0.117. The molecular weight excluding hydrogens is 244 g/mol. The number of aromatic nitrogens is 1. The van der Waals surface area contributed by atoms with E-state index < -0.39 is 0 Å². The van der Waals surface area contributed by atoms with Crippen LogP contribution in [0, 0.1) is 5.92 Å². The molecule has 1 aromatic rings. The van der Waals surface area contributed by atoms with Crippen molar-refractivity contribution in [2.45, 2.75) is 58.3 Å². The highest BCUT2D eigenvalue weighted by atomic mass is 32.1. The van der Waals surface area contributed by atoms with Gasteiger partial charge in [-0.25, -0.2) is 4.98 Å². The molecule has 0 radical (unpaired) electrons. The molecule has 100 valence electrons. The molecule has 0 saturated heterocycles. The van der Waals surface area contributed by atoms with Crippen molar-refractivity contribution >= 4 is 22.4 Å². The molecule has 0 unspecified atom stereocenters. The maximum absolute atomic E-state index is 11.8. The lowest BCUT2D eigenvalue weighted by Gasteiger charge is -2.07. The average Bonchev–Trinajstić information content (AvgIpc) is 2.96. The lowest BCUT2D eigenvalue weighted by Crippen LogP contribution is -2.12. The molecular formula is C14H22N2OS. The van der Waals surface area contributed by atoms with E-state index in [-0.39, 0.29) is 5.91 Å². The quantitative estimate of drug-likeness (QED) is 0.869. The molecule has 0 spiro atoms.